The number of para-hydroxylation sites is 2. The van der Waals surface area contributed by atoms with Gasteiger partial charge < -0.3 is 8.98 Å². The molecule has 0 saturated heterocycles. The van der Waals surface area contributed by atoms with Crippen molar-refractivity contribution in [2.24, 2.45) is 0 Å². The van der Waals surface area contributed by atoms with Crippen LogP contribution in [0.4, 0.5) is 0 Å². The number of rotatable bonds is 3. The van der Waals surface area contributed by atoms with Gasteiger partial charge in [0, 0.05) is 33.0 Å². The average molecular weight is 620 g/mol. The van der Waals surface area contributed by atoms with Crippen molar-refractivity contribution in [3.05, 3.63) is 140 Å². The van der Waals surface area contributed by atoms with Gasteiger partial charge in [0.2, 0.25) is 0 Å². The molecule has 0 fully saturated rings. The number of hydrogen-bond donors (Lipinski definition) is 0. The molecule has 5 heteroatoms. The summed E-state index contributed by atoms with van der Waals surface area (Å²) < 4.78 is 8.70. The summed E-state index contributed by atoms with van der Waals surface area (Å²) in [7, 11) is -2.00. The predicted molar refractivity (Wildman–Crippen MR) is 197 cm³/mol. The first-order valence-electron chi connectivity index (χ1n) is 16.1. The van der Waals surface area contributed by atoms with Crippen LogP contribution in [-0.4, -0.2) is 22.6 Å². The molecular formula is C42H29N3OSi. The van der Waals surface area contributed by atoms with E-state index < -0.39 is 8.07 Å². The maximum Gasteiger partial charge on any atom is 0.160 e. The van der Waals surface area contributed by atoms with Crippen LogP contribution in [0.2, 0.25) is 13.1 Å². The van der Waals surface area contributed by atoms with E-state index >= 15 is 0 Å². The van der Waals surface area contributed by atoms with Gasteiger partial charge in [-0.25, -0.2) is 9.97 Å². The first-order valence-corrected chi connectivity index (χ1v) is 19.1. The molecule has 0 radical (unpaired) electrons. The van der Waals surface area contributed by atoms with Gasteiger partial charge in [-0.1, -0.05) is 104 Å². The second kappa shape index (κ2) is 9.61. The Morgan fingerprint density at radius 1 is 0.553 bits per heavy atom. The minimum atomic E-state index is -2.00. The molecule has 0 bridgehead atoms. The Labute approximate surface area is 272 Å². The average Bonchev–Trinajstić information content (AvgIpc) is 3.74. The van der Waals surface area contributed by atoms with E-state index in [1.165, 1.54) is 26.7 Å². The smallest absolute Gasteiger partial charge is 0.160 e. The molecule has 0 amide bonds. The van der Waals surface area contributed by atoms with Crippen molar-refractivity contribution in [1.29, 1.82) is 0 Å². The molecular weight excluding hydrogens is 591 g/mol. The van der Waals surface area contributed by atoms with Gasteiger partial charge in [-0.05, 0) is 64.5 Å². The van der Waals surface area contributed by atoms with Crippen LogP contribution in [0.3, 0.4) is 0 Å². The molecule has 47 heavy (non-hydrogen) atoms. The Morgan fingerprint density at radius 2 is 1.26 bits per heavy atom. The van der Waals surface area contributed by atoms with E-state index in [0.717, 1.165) is 67.0 Å². The van der Waals surface area contributed by atoms with E-state index in [4.69, 9.17) is 14.4 Å². The van der Waals surface area contributed by atoms with Crippen LogP contribution in [0.1, 0.15) is 0 Å². The van der Waals surface area contributed by atoms with E-state index in [2.05, 4.69) is 145 Å². The lowest BCUT2D eigenvalue weighted by Crippen LogP contribution is -2.50. The fraction of sp³-hybridized carbons (Fsp3) is 0.0476. The van der Waals surface area contributed by atoms with Crippen LogP contribution < -0.4 is 10.4 Å². The number of hydrogen-bond acceptors (Lipinski definition) is 3. The Hall–Kier alpha value is -5.78. The predicted octanol–water partition coefficient (Wildman–Crippen LogP) is 9.61. The van der Waals surface area contributed by atoms with Crippen molar-refractivity contribution in [3.8, 4) is 39.6 Å². The van der Waals surface area contributed by atoms with E-state index in [-0.39, 0.29) is 0 Å². The molecule has 0 spiro atoms. The minimum absolute atomic E-state index is 0.751. The van der Waals surface area contributed by atoms with Crippen molar-refractivity contribution >= 4 is 62.2 Å². The van der Waals surface area contributed by atoms with Crippen molar-refractivity contribution < 1.29 is 4.42 Å². The zero-order valence-corrected chi connectivity index (χ0v) is 27.0. The monoisotopic (exact) mass is 619 g/mol. The number of furan rings is 1. The summed E-state index contributed by atoms with van der Waals surface area (Å²) in [6, 6.07) is 49.4. The van der Waals surface area contributed by atoms with Crippen LogP contribution in [0.15, 0.2) is 144 Å². The third kappa shape index (κ3) is 3.69. The van der Waals surface area contributed by atoms with E-state index in [1.54, 1.807) is 0 Å². The summed E-state index contributed by atoms with van der Waals surface area (Å²) in [4.78, 5) is 10.6. The minimum Gasteiger partial charge on any atom is -0.456 e. The number of fused-ring (bicyclic) bond motifs is 10. The Morgan fingerprint density at radius 3 is 2.11 bits per heavy atom. The van der Waals surface area contributed by atoms with Gasteiger partial charge in [-0.3, -0.25) is 0 Å². The molecule has 9 aromatic rings. The first kappa shape index (κ1) is 26.4. The van der Waals surface area contributed by atoms with E-state index in [1.807, 2.05) is 12.1 Å². The van der Waals surface area contributed by atoms with Crippen LogP contribution in [0.25, 0.3) is 83.3 Å². The normalized spacial score (nSPS) is 13.5. The van der Waals surface area contributed by atoms with Crippen LogP contribution in [0, 0.1) is 0 Å². The highest BCUT2D eigenvalue weighted by Gasteiger charge is 2.41. The first-order chi connectivity index (χ1) is 23.1. The van der Waals surface area contributed by atoms with Crippen molar-refractivity contribution in [2.45, 2.75) is 13.1 Å². The topological polar surface area (TPSA) is 43.9 Å². The SMILES string of the molecule is C[Si]1(C)c2ccccc2-c2nc(-c3ccc(-n4c5ccccc5c5ccc6oc7ccccc7c6c54)cc3)nc(-c3ccccc3)c21. The summed E-state index contributed by atoms with van der Waals surface area (Å²) in [6.07, 6.45) is 0. The second-order valence-electron chi connectivity index (χ2n) is 13.0. The molecule has 1 aliphatic rings. The number of benzene rings is 6. The Balaban J connectivity index is 1.20. The van der Waals surface area contributed by atoms with Gasteiger partial charge in [0.05, 0.1) is 27.8 Å². The molecule has 0 atom stereocenters. The summed E-state index contributed by atoms with van der Waals surface area (Å²) in [5.41, 5.74) is 10.7. The molecule has 222 valence electrons. The zero-order valence-electron chi connectivity index (χ0n) is 26.0. The van der Waals surface area contributed by atoms with E-state index in [9.17, 15) is 0 Å². The summed E-state index contributed by atoms with van der Waals surface area (Å²) in [6.45, 7) is 4.85. The van der Waals surface area contributed by atoms with Crippen LogP contribution in [0.5, 0.6) is 0 Å². The summed E-state index contributed by atoms with van der Waals surface area (Å²) >= 11 is 0. The van der Waals surface area contributed by atoms with Crippen molar-refractivity contribution in [3.63, 3.8) is 0 Å². The lowest BCUT2D eigenvalue weighted by Gasteiger charge is -2.21. The Kier molecular flexibility index (Phi) is 5.41. The van der Waals surface area contributed by atoms with Gasteiger partial charge in [0.25, 0.3) is 0 Å². The third-order valence-corrected chi connectivity index (χ3v) is 13.5. The quantitative estimate of drug-likeness (QED) is 0.185. The van der Waals surface area contributed by atoms with Gasteiger partial charge in [0.15, 0.2) is 5.82 Å². The maximum atomic E-state index is 6.32. The Bertz CT molecular complexity index is 2700. The fourth-order valence-electron chi connectivity index (χ4n) is 7.84. The molecule has 10 rings (SSSR count). The standard InChI is InChI=1S/C42H29N3OSi/c1-47(2)36-19-11-8-16-32(36)39-41(47)38(26-12-4-3-5-13-26)43-42(44-39)27-20-22-28(23-21-27)45-33-17-9-6-14-29(33)30-24-25-35-37(40(30)45)31-15-7-10-18-34(31)46-35/h3-25H,1-2H3. The highest BCUT2D eigenvalue weighted by molar-refractivity contribution is 7.04. The molecule has 4 heterocycles. The molecule has 0 aliphatic carbocycles. The van der Waals surface area contributed by atoms with Gasteiger partial charge in [-0.2, -0.15) is 0 Å². The third-order valence-electron chi connectivity index (χ3n) is 10.00. The number of nitrogens with zero attached hydrogens (tertiary/aromatic N) is 3. The highest BCUT2D eigenvalue weighted by atomic mass is 28.3. The zero-order chi connectivity index (χ0) is 31.3. The van der Waals surface area contributed by atoms with Gasteiger partial charge in [-0.15, -0.1) is 0 Å². The lowest BCUT2D eigenvalue weighted by atomic mass is 10.1. The van der Waals surface area contributed by atoms with Crippen molar-refractivity contribution in [1.82, 2.24) is 14.5 Å². The fourth-order valence-corrected chi connectivity index (χ4v) is 11.1. The number of aromatic nitrogens is 3. The van der Waals surface area contributed by atoms with Gasteiger partial charge >= 0.3 is 0 Å². The maximum absolute atomic E-state index is 6.32. The largest absolute Gasteiger partial charge is 0.456 e. The molecule has 1 aliphatic heterocycles. The molecule has 0 unspecified atom stereocenters. The molecule has 0 saturated carbocycles. The second-order valence-corrected chi connectivity index (χ2v) is 17.3. The van der Waals surface area contributed by atoms with Crippen LogP contribution >= 0.6 is 0 Å². The van der Waals surface area contributed by atoms with E-state index in [0.29, 0.717) is 0 Å². The van der Waals surface area contributed by atoms with Crippen LogP contribution in [-0.2, 0) is 0 Å². The lowest BCUT2D eigenvalue weighted by molar-refractivity contribution is 0.669. The van der Waals surface area contributed by atoms with Gasteiger partial charge in [0.1, 0.15) is 19.2 Å². The summed E-state index contributed by atoms with van der Waals surface area (Å²) in [5, 5.41) is 7.45. The molecule has 0 N–H and O–H groups in total. The molecule has 4 nitrogen and oxygen atoms in total. The molecule has 6 aromatic carbocycles. The van der Waals surface area contributed by atoms with Crippen molar-refractivity contribution in [2.75, 3.05) is 0 Å². The summed E-state index contributed by atoms with van der Waals surface area (Å²) in [5.74, 6) is 0.751. The highest BCUT2D eigenvalue weighted by Crippen LogP contribution is 2.41. The molecule has 3 aromatic heterocycles.